The number of nitrogens with zero attached hydrogens (tertiary/aromatic N) is 3. The van der Waals surface area contributed by atoms with E-state index in [1.807, 2.05) is 6.07 Å². The largest absolute Gasteiger partial charge is 0.192 e. The molecule has 0 aromatic heterocycles. The van der Waals surface area contributed by atoms with E-state index in [1.54, 1.807) is 0 Å². The van der Waals surface area contributed by atoms with E-state index in [4.69, 9.17) is 5.26 Å². The van der Waals surface area contributed by atoms with Gasteiger partial charge in [-0.3, -0.25) is 0 Å². The first-order valence-corrected chi connectivity index (χ1v) is 3.02. The maximum absolute atomic E-state index is 10.1. The summed E-state index contributed by atoms with van der Waals surface area (Å²) >= 11 is 0. The summed E-state index contributed by atoms with van der Waals surface area (Å²) in [5.74, 6) is 0. The van der Waals surface area contributed by atoms with Gasteiger partial charge < -0.3 is 0 Å². The summed E-state index contributed by atoms with van der Waals surface area (Å²) < 4.78 is 0. The van der Waals surface area contributed by atoms with Gasteiger partial charge in [0.15, 0.2) is 0 Å². The Bertz CT molecular complexity index is 367. The predicted molar refractivity (Wildman–Crippen MR) is 42.1 cm³/mol. The molecule has 0 atom stereocenters. The number of hydrogen-bond donors (Lipinski definition) is 0. The minimum Gasteiger partial charge on any atom is -0.192 e. The third kappa shape index (κ3) is 1.32. The third-order valence-corrected chi connectivity index (χ3v) is 1.30. The van der Waals surface area contributed by atoms with Gasteiger partial charge in [0.2, 0.25) is 0 Å². The number of benzene rings is 1. The summed E-state index contributed by atoms with van der Waals surface area (Å²) in [5, 5.41) is 13.5. The summed E-state index contributed by atoms with van der Waals surface area (Å²) in [4.78, 5) is 20.2. The lowest BCUT2D eigenvalue weighted by molar-refractivity contribution is 1.40. The highest BCUT2D eigenvalue weighted by Gasteiger charge is 2.03. The second-order valence-corrected chi connectivity index (χ2v) is 2.00. The van der Waals surface area contributed by atoms with Gasteiger partial charge in [-0.25, -0.2) is 0 Å². The average Bonchev–Trinajstić information content (AvgIpc) is 2.16. The van der Waals surface area contributed by atoms with Crippen molar-refractivity contribution in [2.24, 2.45) is 10.4 Å². The molecule has 0 unspecified atom stereocenters. The second-order valence-electron chi connectivity index (χ2n) is 2.00. The molecule has 12 heavy (non-hydrogen) atoms. The van der Waals surface area contributed by atoms with Crippen LogP contribution < -0.4 is 0 Å². The Balaban J connectivity index is 3.30. The Kier molecular flexibility index (Phi) is 2.23. The zero-order valence-corrected chi connectivity index (χ0v) is 5.89. The molecule has 5 heteroatoms. The highest BCUT2D eigenvalue weighted by atomic mass is 16.3. The molecule has 0 amide bonds. The molecule has 1 aromatic rings. The van der Waals surface area contributed by atoms with E-state index >= 15 is 0 Å². The molecule has 0 aliphatic heterocycles. The number of rotatable bonds is 2. The lowest BCUT2D eigenvalue weighted by Gasteiger charge is -1.92. The van der Waals surface area contributed by atoms with Crippen molar-refractivity contribution >= 4 is 11.4 Å². The fourth-order valence-electron chi connectivity index (χ4n) is 0.743. The van der Waals surface area contributed by atoms with Gasteiger partial charge in [0.05, 0.1) is 11.6 Å². The van der Waals surface area contributed by atoms with E-state index in [0.717, 1.165) is 0 Å². The number of nitroso groups, excluding NO2 is 2. The molecule has 5 nitrogen and oxygen atoms in total. The molecule has 0 saturated carbocycles. The topological polar surface area (TPSA) is 82.7 Å². The predicted octanol–water partition coefficient (Wildman–Crippen LogP) is 2.35. The Hall–Kier alpha value is -2.09. The van der Waals surface area contributed by atoms with Crippen LogP contribution in [0.15, 0.2) is 28.6 Å². The van der Waals surface area contributed by atoms with Crippen molar-refractivity contribution in [3.8, 4) is 6.07 Å². The van der Waals surface area contributed by atoms with Gasteiger partial charge in [0, 0.05) is 0 Å². The molecular formula is C7H3N3O2. The van der Waals surface area contributed by atoms with E-state index in [0.29, 0.717) is 0 Å². The monoisotopic (exact) mass is 161 g/mol. The van der Waals surface area contributed by atoms with Gasteiger partial charge in [-0.2, -0.15) is 5.26 Å². The van der Waals surface area contributed by atoms with Crippen molar-refractivity contribution in [3.05, 3.63) is 33.6 Å². The lowest BCUT2D eigenvalue weighted by Crippen LogP contribution is -1.72. The molecular weight excluding hydrogens is 158 g/mol. The Morgan fingerprint density at radius 2 is 1.83 bits per heavy atom. The molecule has 0 aliphatic carbocycles. The molecule has 0 bridgehead atoms. The minimum atomic E-state index is -0.107. The van der Waals surface area contributed by atoms with E-state index in [9.17, 15) is 9.81 Å². The van der Waals surface area contributed by atoms with Gasteiger partial charge in [0.25, 0.3) is 0 Å². The normalized spacial score (nSPS) is 8.58. The van der Waals surface area contributed by atoms with Gasteiger partial charge in [0.1, 0.15) is 11.4 Å². The van der Waals surface area contributed by atoms with E-state index < -0.39 is 0 Å². The van der Waals surface area contributed by atoms with Crippen molar-refractivity contribution in [3.63, 3.8) is 0 Å². The van der Waals surface area contributed by atoms with Crippen molar-refractivity contribution in [1.82, 2.24) is 0 Å². The second kappa shape index (κ2) is 3.34. The maximum Gasteiger partial charge on any atom is 0.138 e. The van der Waals surface area contributed by atoms with E-state index in [1.165, 1.54) is 18.2 Å². The van der Waals surface area contributed by atoms with Gasteiger partial charge in [-0.1, -0.05) is 0 Å². The Morgan fingerprint density at radius 3 is 2.33 bits per heavy atom. The lowest BCUT2D eigenvalue weighted by atomic mass is 10.2. The summed E-state index contributed by atoms with van der Waals surface area (Å²) in [6.45, 7) is 0. The minimum absolute atomic E-state index is 0.0519. The highest BCUT2D eigenvalue weighted by molar-refractivity contribution is 5.63. The van der Waals surface area contributed by atoms with Crippen LogP contribution in [0.25, 0.3) is 0 Å². The van der Waals surface area contributed by atoms with Crippen LogP contribution in [0, 0.1) is 21.1 Å². The molecule has 0 aliphatic rings. The Morgan fingerprint density at radius 1 is 1.17 bits per heavy atom. The molecule has 0 N–H and O–H groups in total. The standard InChI is InChI=1S/C7H3N3O2/c8-4-5-1-2-6(9-11)7(3-5)10-12/h1-3H. The first-order chi connectivity index (χ1) is 5.81. The smallest absolute Gasteiger partial charge is 0.138 e. The van der Waals surface area contributed by atoms with Crippen LogP contribution in [0.4, 0.5) is 11.4 Å². The van der Waals surface area contributed by atoms with Crippen molar-refractivity contribution in [1.29, 1.82) is 5.26 Å². The average molecular weight is 161 g/mol. The maximum atomic E-state index is 10.1. The Labute approximate surface area is 67.6 Å². The first-order valence-electron chi connectivity index (χ1n) is 3.02. The molecule has 58 valence electrons. The van der Waals surface area contributed by atoms with Crippen LogP contribution >= 0.6 is 0 Å². The molecule has 1 rings (SSSR count). The van der Waals surface area contributed by atoms with Crippen molar-refractivity contribution in [2.75, 3.05) is 0 Å². The molecule has 1 aromatic carbocycles. The zero-order chi connectivity index (χ0) is 8.97. The molecule has 0 fully saturated rings. The SMILES string of the molecule is N#Cc1ccc(N=O)c(N=O)c1. The first kappa shape index (κ1) is 8.01. The molecule has 0 spiro atoms. The molecule has 0 radical (unpaired) electrons. The summed E-state index contributed by atoms with van der Waals surface area (Å²) in [6.07, 6.45) is 0. The summed E-state index contributed by atoms with van der Waals surface area (Å²) in [5.41, 5.74) is 0.116. The van der Waals surface area contributed by atoms with Crippen LogP contribution in [0.5, 0.6) is 0 Å². The fourth-order valence-corrected chi connectivity index (χ4v) is 0.743. The third-order valence-electron chi connectivity index (χ3n) is 1.30. The van der Waals surface area contributed by atoms with Crippen LogP contribution in [-0.4, -0.2) is 0 Å². The zero-order valence-electron chi connectivity index (χ0n) is 5.89. The molecule has 0 heterocycles. The quantitative estimate of drug-likeness (QED) is 0.624. The summed E-state index contributed by atoms with van der Waals surface area (Å²) in [7, 11) is 0. The fraction of sp³-hybridized carbons (Fsp3) is 0. The van der Waals surface area contributed by atoms with Crippen molar-refractivity contribution < 1.29 is 0 Å². The van der Waals surface area contributed by atoms with E-state index in [-0.39, 0.29) is 16.9 Å². The van der Waals surface area contributed by atoms with Gasteiger partial charge >= 0.3 is 0 Å². The van der Waals surface area contributed by atoms with Crippen LogP contribution in [0.2, 0.25) is 0 Å². The van der Waals surface area contributed by atoms with Crippen LogP contribution in [-0.2, 0) is 0 Å². The van der Waals surface area contributed by atoms with Gasteiger partial charge in [-0.05, 0) is 28.6 Å². The highest BCUT2D eigenvalue weighted by Crippen LogP contribution is 2.27. The van der Waals surface area contributed by atoms with Crippen molar-refractivity contribution in [2.45, 2.75) is 0 Å². The number of hydrogen-bond acceptors (Lipinski definition) is 5. The number of nitriles is 1. The van der Waals surface area contributed by atoms with Crippen LogP contribution in [0.1, 0.15) is 5.56 Å². The van der Waals surface area contributed by atoms with Gasteiger partial charge in [-0.15, -0.1) is 9.81 Å². The van der Waals surface area contributed by atoms with E-state index in [2.05, 4.69) is 10.4 Å². The van der Waals surface area contributed by atoms with Crippen LogP contribution in [0.3, 0.4) is 0 Å². The molecule has 0 saturated heterocycles. The summed E-state index contributed by atoms with van der Waals surface area (Å²) in [6, 6.07) is 5.70.